The topological polar surface area (TPSA) is 161 Å². The molecule has 6 N–H and O–H groups in total. The van der Waals surface area contributed by atoms with Gasteiger partial charge in [-0.1, -0.05) is 18.2 Å². The quantitative estimate of drug-likeness (QED) is 0.259. The Bertz CT molecular complexity index is 1440. The number of phenolic OH excluding ortho intramolecular Hbond substituents is 1. The minimum atomic E-state index is -2.64. The average Bonchev–Trinajstić information content (AvgIpc) is 2.82. The van der Waals surface area contributed by atoms with E-state index in [0.29, 0.717) is 5.56 Å². The molecule has 3 aliphatic rings. The zero-order valence-electron chi connectivity index (χ0n) is 20.0. The van der Waals surface area contributed by atoms with Gasteiger partial charge in [-0.2, -0.15) is 0 Å². The lowest BCUT2D eigenvalue weighted by Gasteiger charge is -2.50. The van der Waals surface area contributed by atoms with Gasteiger partial charge in [0, 0.05) is 15.1 Å². The van der Waals surface area contributed by atoms with E-state index in [4.69, 9.17) is 5.73 Å². The van der Waals surface area contributed by atoms with Crippen LogP contribution in [-0.2, 0) is 20.8 Å². The monoisotopic (exact) mass is 616 g/mol. The number of aromatic hydroxyl groups is 1. The first-order valence-corrected chi connectivity index (χ1v) is 12.7. The third-order valence-electron chi connectivity index (χ3n) is 7.76. The van der Waals surface area contributed by atoms with Crippen molar-refractivity contribution in [2.24, 2.45) is 17.6 Å². The number of hydrogen-bond donors (Lipinski definition) is 5. The molecule has 2 aromatic rings. The van der Waals surface area contributed by atoms with Crippen molar-refractivity contribution in [3.05, 3.63) is 68.0 Å². The van der Waals surface area contributed by atoms with Crippen LogP contribution >= 0.6 is 22.6 Å². The van der Waals surface area contributed by atoms with E-state index in [0.717, 1.165) is 14.7 Å². The van der Waals surface area contributed by atoms with Crippen molar-refractivity contribution >= 4 is 45.8 Å². The van der Waals surface area contributed by atoms with Gasteiger partial charge in [0.2, 0.25) is 5.78 Å². The lowest BCUT2D eigenvalue weighted by atomic mass is 9.57. The van der Waals surface area contributed by atoms with E-state index in [-0.39, 0.29) is 29.7 Å². The number of hydrogen-bond acceptors (Lipinski definition) is 8. The summed E-state index contributed by atoms with van der Waals surface area (Å²) in [6.07, 6.45) is 0.289. The van der Waals surface area contributed by atoms with Crippen LogP contribution in [0.25, 0.3) is 16.9 Å². The Balaban J connectivity index is 1.74. The fourth-order valence-corrected chi connectivity index (χ4v) is 6.50. The number of aliphatic hydroxyl groups is 3. The Morgan fingerprint density at radius 1 is 1.08 bits per heavy atom. The van der Waals surface area contributed by atoms with Crippen molar-refractivity contribution in [3.63, 3.8) is 0 Å². The fourth-order valence-electron chi connectivity index (χ4n) is 6.14. The van der Waals surface area contributed by atoms with Crippen molar-refractivity contribution in [2.75, 3.05) is 14.1 Å². The second-order valence-corrected chi connectivity index (χ2v) is 11.2. The van der Waals surface area contributed by atoms with Crippen molar-refractivity contribution in [2.45, 2.75) is 24.5 Å². The molecule has 0 bridgehead atoms. The number of nitrogens with two attached hydrogens (primary N) is 1. The molecule has 0 aromatic heterocycles. The number of phenols is 1. The van der Waals surface area contributed by atoms with E-state index >= 15 is 0 Å². The summed E-state index contributed by atoms with van der Waals surface area (Å²) < 4.78 is 1.04. The first kappa shape index (κ1) is 25.4. The number of carbonyl (C=O) groups is 3. The number of carbonyl (C=O) groups excluding carboxylic acids is 3. The molecule has 1 saturated carbocycles. The van der Waals surface area contributed by atoms with Gasteiger partial charge in [-0.15, -0.1) is 0 Å². The highest BCUT2D eigenvalue weighted by molar-refractivity contribution is 14.1. The van der Waals surface area contributed by atoms with Gasteiger partial charge in [0.25, 0.3) is 5.91 Å². The molecule has 10 heteroatoms. The van der Waals surface area contributed by atoms with Crippen LogP contribution in [0, 0.1) is 15.4 Å². The van der Waals surface area contributed by atoms with Gasteiger partial charge in [-0.05, 0) is 90.3 Å². The van der Waals surface area contributed by atoms with E-state index in [1.807, 2.05) is 24.3 Å². The lowest BCUT2D eigenvalue weighted by molar-refractivity contribution is -0.153. The van der Waals surface area contributed by atoms with E-state index in [1.165, 1.54) is 11.0 Å². The molecule has 2 aromatic carbocycles. The fraction of sp³-hybridized carbons (Fsp3) is 0.296. The number of fused-ring (bicyclic) bond motifs is 3. The highest BCUT2D eigenvalue weighted by Gasteiger charge is 2.64. The smallest absolute Gasteiger partial charge is 0.255 e. The number of Topliss-reactive ketones (excluding diaryl/α,β-unsaturated/α-hetero) is 2. The van der Waals surface area contributed by atoms with Crippen LogP contribution < -0.4 is 5.73 Å². The number of likely N-dealkylation sites (N-methyl/N-ethyl adjacent to an activating group) is 1. The van der Waals surface area contributed by atoms with Crippen molar-refractivity contribution in [3.8, 4) is 16.9 Å². The number of nitrogens with zero attached hydrogens (tertiary/aromatic N) is 1. The zero-order valence-corrected chi connectivity index (χ0v) is 22.2. The summed E-state index contributed by atoms with van der Waals surface area (Å²) in [4.78, 5) is 40.6. The Kier molecular flexibility index (Phi) is 5.96. The van der Waals surface area contributed by atoms with Crippen LogP contribution in [-0.4, -0.2) is 68.5 Å². The molecule has 3 aliphatic carbocycles. The average molecular weight is 616 g/mol. The summed E-state index contributed by atoms with van der Waals surface area (Å²) in [6.45, 7) is 0. The standard InChI is InChI=1S/C27H25IN2O7/c1-30(2)21-16-10-12-9-15-14(11-3-5-13(28)6-4-11)7-8-17(31)19(15)22(32)18(12)24(34)27(16,37)25(35)20(23(21)33)26(29)36/h3-8,12,16,21,31-32,35,37H,9-10H2,1-2H3,(H2,29,36)/t12-,16-,21-,27-/m1/s1. The molecule has 0 unspecified atom stereocenters. The number of halogens is 1. The van der Waals surface area contributed by atoms with Crippen molar-refractivity contribution in [1.82, 2.24) is 4.90 Å². The molecule has 0 saturated heterocycles. The Morgan fingerprint density at radius 2 is 1.73 bits per heavy atom. The first-order chi connectivity index (χ1) is 17.4. The largest absolute Gasteiger partial charge is 0.508 e. The third kappa shape index (κ3) is 3.53. The Morgan fingerprint density at radius 3 is 2.32 bits per heavy atom. The number of aliphatic hydroxyl groups excluding tert-OH is 2. The molecule has 1 fully saturated rings. The van der Waals surface area contributed by atoms with E-state index in [9.17, 15) is 34.8 Å². The molecule has 0 spiro atoms. The molecule has 9 nitrogen and oxygen atoms in total. The molecular formula is C27H25IN2O7. The highest BCUT2D eigenvalue weighted by atomic mass is 127. The molecule has 37 heavy (non-hydrogen) atoms. The van der Waals surface area contributed by atoms with Gasteiger partial charge in [0.1, 0.15) is 22.8 Å². The second-order valence-electron chi connectivity index (χ2n) is 9.95. The summed E-state index contributed by atoms with van der Waals surface area (Å²) in [6, 6.07) is 9.77. The van der Waals surface area contributed by atoms with Crippen molar-refractivity contribution < 1.29 is 34.8 Å². The van der Waals surface area contributed by atoms with Gasteiger partial charge in [0.15, 0.2) is 11.4 Å². The molecular weight excluding hydrogens is 591 g/mol. The van der Waals surface area contributed by atoms with E-state index < -0.39 is 58.0 Å². The minimum absolute atomic E-state index is 0.0492. The molecule has 0 radical (unpaired) electrons. The summed E-state index contributed by atoms with van der Waals surface area (Å²) >= 11 is 2.20. The van der Waals surface area contributed by atoms with E-state index in [1.54, 1.807) is 20.2 Å². The lowest BCUT2D eigenvalue weighted by Crippen LogP contribution is -2.65. The molecule has 0 heterocycles. The number of ketones is 2. The Hall–Kier alpha value is -3.22. The third-order valence-corrected chi connectivity index (χ3v) is 8.48. The van der Waals surface area contributed by atoms with Gasteiger partial charge < -0.3 is 26.2 Å². The molecule has 0 aliphatic heterocycles. The van der Waals surface area contributed by atoms with Crippen LogP contribution in [0.3, 0.4) is 0 Å². The van der Waals surface area contributed by atoms with Gasteiger partial charge in [-0.3, -0.25) is 19.3 Å². The number of benzene rings is 2. The van der Waals surface area contributed by atoms with Crippen LogP contribution in [0.15, 0.2) is 53.3 Å². The van der Waals surface area contributed by atoms with Crippen LogP contribution in [0.1, 0.15) is 17.5 Å². The van der Waals surface area contributed by atoms with Crippen molar-refractivity contribution in [1.29, 1.82) is 0 Å². The second kappa shape index (κ2) is 8.67. The highest BCUT2D eigenvalue weighted by Crippen LogP contribution is 2.53. The zero-order chi connectivity index (χ0) is 27.0. The van der Waals surface area contributed by atoms with Crippen LogP contribution in [0.2, 0.25) is 0 Å². The summed E-state index contributed by atoms with van der Waals surface area (Å²) in [5, 5.41) is 44.6. The van der Waals surface area contributed by atoms with Gasteiger partial charge in [0.05, 0.1) is 11.6 Å². The number of amides is 1. The minimum Gasteiger partial charge on any atom is -0.508 e. The normalized spacial score (nSPS) is 27.2. The SMILES string of the molecule is CN(C)[C@H]1C(=O)C(C(N)=O)=C(O)[C@]2(O)C(=O)C3=C(O)c4c(O)ccc(-c5ccc(I)cc5)c4C[C@@H]3C[C@H]12. The molecule has 4 atom stereocenters. The van der Waals surface area contributed by atoms with E-state index in [2.05, 4.69) is 22.6 Å². The van der Waals surface area contributed by atoms with Crippen LogP contribution in [0.5, 0.6) is 5.75 Å². The maximum atomic E-state index is 13.9. The molecule has 5 rings (SSSR count). The predicted molar refractivity (Wildman–Crippen MR) is 142 cm³/mol. The first-order valence-electron chi connectivity index (χ1n) is 11.6. The maximum absolute atomic E-state index is 13.9. The number of rotatable bonds is 3. The summed E-state index contributed by atoms with van der Waals surface area (Å²) in [7, 11) is 3.14. The van der Waals surface area contributed by atoms with Gasteiger partial charge >= 0.3 is 0 Å². The van der Waals surface area contributed by atoms with Crippen LogP contribution in [0.4, 0.5) is 0 Å². The number of primary amides is 1. The summed E-state index contributed by atoms with van der Waals surface area (Å²) in [5.74, 6) is -6.62. The summed E-state index contributed by atoms with van der Waals surface area (Å²) in [5.41, 5.74) is 4.04. The maximum Gasteiger partial charge on any atom is 0.255 e. The van der Waals surface area contributed by atoms with Gasteiger partial charge in [-0.25, -0.2) is 0 Å². The molecule has 1 amide bonds. The molecule has 192 valence electrons. The predicted octanol–water partition coefficient (Wildman–Crippen LogP) is 2.24. The Labute approximate surface area is 226 Å².